The minimum absolute atomic E-state index is 0.0538. The van der Waals surface area contributed by atoms with E-state index < -0.39 is 17.7 Å². The van der Waals surface area contributed by atoms with Gasteiger partial charge in [-0.1, -0.05) is 18.2 Å². The van der Waals surface area contributed by atoms with E-state index in [1.54, 1.807) is 59.8 Å². The van der Waals surface area contributed by atoms with E-state index in [1.807, 2.05) is 31.2 Å². The van der Waals surface area contributed by atoms with Gasteiger partial charge in [-0.25, -0.2) is 4.98 Å². The molecular weight excluding hydrogens is 470 g/mol. The topological polar surface area (TPSA) is 114 Å². The van der Waals surface area contributed by atoms with E-state index in [-0.39, 0.29) is 18.9 Å². The van der Waals surface area contributed by atoms with Gasteiger partial charge in [-0.3, -0.25) is 30.2 Å². The Hall–Kier alpha value is -4.79. The molecule has 9 nitrogen and oxygen atoms in total. The number of fused-ring (bicyclic) bond motifs is 1. The van der Waals surface area contributed by atoms with Crippen LogP contribution in [-0.2, 0) is 9.59 Å². The molecule has 37 heavy (non-hydrogen) atoms. The summed E-state index contributed by atoms with van der Waals surface area (Å²) < 4.78 is 5.44. The van der Waals surface area contributed by atoms with Crippen LogP contribution in [0.4, 0.5) is 5.69 Å². The van der Waals surface area contributed by atoms with Crippen molar-refractivity contribution in [3.63, 3.8) is 0 Å². The lowest BCUT2D eigenvalue weighted by atomic mass is 10.0. The molecular formula is C28H25N5O4. The van der Waals surface area contributed by atoms with Gasteiger partial charge in [-0.15, -0.1) is 0 Å². The fraction of sp³-hybridized carbons (Fsp3) is 0.179. The number of pyridine rings is 2. The Morgan fingerprint density at radius 2 is 1.86 bits per heavy atom. The fourth-order valence-electron chi connectivity index (χ4n) is 4.33. The van der Waals surface area contributed by atoms with E-state index in [0.29, 0.717) is 40.2 Å². The molecule has 0 radical (unpaired) electrons. The third-order valence-electron chi connectivity index (χ3n) is 6.17. The van der Waals surface area contributed by atoms with Crippen molar-refractivity contribution in [1.82, 2.24) is 20.8 Å². The van der Waals surface area contributed by atoms with Crippen molar-refractivity contribution in [2.45, 2.75) is 13.3 Å². The Bertz CT molecular complexity index is 1460. The van der Waals surface area contributed by atoms with Gasteiger partial charge in [0, 0.05) is 42.0 Å². The first-order chi connectivity index (χ1) is 18.0. The lowest BCUT2D eigenvalue weighted by Crippen LogP contribution is -2.45. The summed E-state index contributed by atoms with van der Waals surface area (Å²) in [5, 5.41) is 0.652. The zero-order chi connectivity index (χ0) is 25.8. The number of aromatic nitrogens is 2. The van der Waals surface area contributed by atoms with E-state index in [0.717, 1.165) is 5.56 Å². The molecule has 0 bridgehead atoms. The summed E-state index contributed by atoms with van der Waals surface area (Å²) in [7, 11) is 0. The second-order valence-corrected chi connectivity index (χ2v) is 8.59. The van der Waals surface area contributed by atoms with E-state index in [4.69, 9.17) is 4.74 Å². The summed E-state index contributed by atoms with van der Waals surface area (Å²) in [5.41, 5.74) is 8.07. The number of anilines is 1. The predicted octanol–water partition coefficient (Wildman–Crippen LogP) is 3.51. The first-order valence-electron chi connectivity index (χ1n) is 12.0. The van der Waals surface area contributed by atoms with Gasteiger partial charge in [0.15, 0.2) is 0 Å². The number of hydrogen-bond donors (Lipinski definition) is 2. The molecule has 1 aliphatic rings. The monoisotopic (exact) mass is 495 g/mol. The molecule has 1 aliphatic heterocycles. The molecule has 1 saturated heterocycles. The molecule has 4 aromatic rings. The molecule has 2 N–H and O–H groups in total. The number of carbonyl (C=O) groups is 3. The van der Waals surface area contributed by atoms with Gasteiger partial charge in [0.05, 0.1) is 29.3 Å². The number of amides is 3. The maximum atomic E-state index is 13.1. The molecule has 1 atom stereocenters. The summed E-state index contributed by atoms with van der Waals surface area (Å²) >= 11 is 0. The highest BCUT2D eigenvalue weighted by molar-refractivity contribution is 6.08. The van der Waals surface area contributed by atoms with Crippen LogP contribution in [0.15, 0.2) is 79.1 Å². The van der Waals surface area contributed by atoms with Crippen molar-refractivity contribution in [2.24, 2.45) is 5.92 Å². The zero-order valence-corrected chi connectivity index (χ0v) is 20.2. The minimum atomic E-state index is -0.598. The van der Waals surface area contributed by atoms with Crippen LogP contribution in [0.3, 0.4) is 0 Å². The lowest BCUT2D eigenvalue weighted by molar-refractivity contribution is -0.126. The average molecular weight is 496 g/mol. The average Bonchev–Trinajstić information content (AvgIpc) is 3.33. The number of hydrogen-bond acceptors (Lipinski definition) is 6. The standard InChI is InChI=1S/C28H25N5O4/c1-2-37-21-11-9-20(10-12-21)33-17-19(14-26(33)34)27(35)31-32-28(36)23-15-25(18-6-5-13-29-16-18)30-24-8-4-3-7-22(23)24/h3-13,15-16,19H,2,14,17H2,1H3,(H,31,35)(H,32,36). The predicted molar refractivity (Wildman–Crippen MR) is 139 cm³/mol. The van der Waals surface area contributed by atoms with Gasteiger partial charge < -0.3 is 9.64 Å². The highest BCUT2D eigenvalue weighted by Gasteiger charge is 2.35. The van der Waals surface area contributed by atoms with Gasteiger partial charge >= 0.3 is 0 Å². The maximum Gasteiger partial charge on any atom is 0.270 e. The molecule has 2 aromatic heterocycles. The van der Waals surface area contributed by atoms with Crippen LogP contribution in [-0.4, -0.2) is 40.8 Å². The molecule has 3 heterocycles. The van der Waals surface area contributed by atoms with Crippen molar-refractivity contribution >= 4 is 34.3 Å². The summed E-state index contributed by atoms with van der Waals surface area (Å²) in [5.74, 6) is -0.952. The second-order valence-electron chi connectivity index (χ2n) is 8.59. The van der Waals surface area contributed by atoms with Crippen molar-refractivity contribution < 1.29 is 19.1 Å². The smallest absolute Gasteiger partial charge is 0.270 e. The van der Waals surface area contributed by atoms with Crippen LogP contribution in [0.1, 0.15) is 23.7 Å². The normalized spacial score (nSPS) is 15.0. The third kappa shape index (κ3) is 5.11. The van der Waals surface area contributed by atoms with Crippen molar-refractivity contribution in [3.05, 3.63) is 84.7 Å². The number of para-hydroxylation sites is 1. The first kappa shape index (κ1) is 23.9. The Morgan fingerprint density at radius 3 is 2.62 bits per heavy atom. The van der Waals surface area contributed by atoms with Crippen LogP contribution < -0.4 is 20.5 Å². The zero-order valence-electron chi connectivity index (χ0n) is 20.2. The SMILES string of the molecule is CCOc1ccc(N2CC(C(=O)NNC(=O)c3cc(-c4cccnc4)nc4ccccc34)CC2=O)cc1. The Kier molecular flexibility index (Phi) is 6.76. The Balaban J connectivity index is 1.28. The van der Waals surface area contributed by atoms with Gasteiger partial charge in [0.2, 0.25) is 11.8 Å². The Labute approximate surface area is 213 Å². The van der Waals surface area contributed by atoms with Crippen molar-refractivity contribution in [3.8, 4) is 17.0 Å². The van der Waals surface area contributed by atoms with E-state index in [2.05, 4.69) is 20.8 Å². The summed E-state index contributed by atoms with van der Waals surface area (Å²) in [6.07, 6.45) is 3.39. The highest BCUT2D eigenvalue weighted by Crippen LogP contribution is 2.27. The van der Waals surface area contributed by atoms with Gasteiger partial charge in [-0.2, -0.15) is 0 Å². The van der Waals surface area contributed by atoms with Crippen LogP contribution in [0, 0.1) is 5.92 Å². The van der Waals surface area contributed by atoms with Crippen LogP contribution in [0.5, 0.6) is 5.75 Å². The molecule has 5 rings (SSSR count). The van der Waals surface area contributed by atoms with Crippen LogP contribution in [0.25, 0.3) is 22.2 Å². The van der Waals surface area contributed by atoms with Crippen molar-refractivity contribution in [2.75, 3.05) is 18.1 Å². The molecule has 9 heteroatoms. The van der Waals surface area contributed by atoms with Gasteiger partial charge in [-0.05, 0) is 55.5 Å². The fourth-order valence-corrected chi connectivity index (χ4v) is 4.33. The lowest BCUT2D eigenvalue weighted by Gasteiger charge is -2.17. The largest absolute Gasteiger partial charge is 0.494 e. The molecule has 186 valence electrons. The number of rotatable bonds is 6. The molecule has 1 unspecified atom stereocenters. The number of carbonyl (C=O) groups excluding carboxylic acids is 3. The molecule has 1 fully saturated rings. The molecule has 2 aromatic carbocycles. The number of hydrazine groups is 1. The number of ether oxygens (including phenoxy) is 1. The summed E-state index contributed by atoms with van der Waals surface area (Å²) in [6, 6.07) is 19.8. The summed E-state index contributed by atoms with van der Waals surface area (Å²) in [6.45, 7) is 2.67. The number of nitrogens with zero attached hydrogens (tertiary/aromatic N) is 3. The van der Waals surface area contributed by atoms with E-state index in [1.165, 1.54) is 0 Å². The molecule has 0 aliphatic carbocycles. The number of benzene rings is 2. The Morgan fingerprint density at radius 1 is 1.05 bits per heavy atom. The third-order valence-corrected chi connectivity index (χ3v) is 6.17. The van der Waals surface area contributed by atoms with Crippen LogP contribution in [0.2, 0.25) is 0 Å². The quantitative estimate of drug-likeness (QED) is 0.396. The van der Waals surface area contributed by atoms with E-state index in [9.17, 15) is 14.4 Å². The summed E-state index contributed by atoms with van der Waals surface area (Å²) in [4.78, 5) is 48.9. The van der Waals surface area contributed by atoms with Gasteiger partial charge in [0.25, 0.3) is 5.91 Å². The number of nitrogens with one attached hydrogen (secondary N) is 2. The molecule has 0 saturated carbocycles. The van der Waals surface area contributed by atoms with E-state index >= 15 is 0 Å². The molecule has 3 amide bonds. The second kappa shape index (κ2) is 10.4. The minimum Gasteiger partial charge on any atom is -0.494 e. The van der Waals surface area contributed by atoms with Crippen molar-refractivity contribution in [1.29, 1.82) is 0 Å². The van der Waals surface area contributed by atoms with Crippen LogP contribution >= 0.6 is 0 Å². The molecule has 0 spiro atoms. The maximum absolute atomic E-state index is 13.1. The first-order valence-corrected chi connectivity index (χ1v) is 12.0. The highest BCUT2D eigenvalue weighted by atomic mass is 16.5. The van der Waals surface area contributed by atoms with Gasteiger partial charge in [0.1, 0.15) is 5.75 Å².